The van der Waals surface area contributed by atoms with E-state index in [-0.39, 0.29) is 6.04 Å². The third kappa shape index (κ3) is 5.41. The van der Waals surface area contributed by atoms with Gasteiger partial charge in [-0.1, -0.05) is 51.6 Å². The van der Waals surface area contributed by atoms with Crippen LogP contribution >= 0.6 is 0 Å². The highest BCUT2D eigenvalue weighted by molar-refractivity contribution is 6.11. The minimum atomic E-state index is 0.148. The summed E-state index contributed by atoms with van der Waals surface area (Å²) >= 11 is 0. The van der Waals surface area contributed by atoms with Crippen LogP contribution < -0.4 is 5.32 Å². The average Bonchev–Trinajstić information content (AvgIpc) is 2.77. The van der Waals surface area contributed by atoms with Crippen LogP contribution in [0, 0.1) is 11.3 Å². The lowest BCUT2D eigenvalue weighted by molar-refractivity contribution is 0.467. The molecule has 0 saturated carbocycles. The Kier molecular flexibility index (Phi) is 7.62. The van der Waals surface area contributed by atoms with Gasteiger partial charge in [0.25, 0.3) is 0 Å². The number of rotatable bonds is 8. The molecule has 162 valence electrons. The van der Waals surface area contributed by atoms with Crippen LogP contribution in [0.1, 0.15) is 70.7 Å². The monoisotopic (exact) mass is 413 g/mol. The molecule has 1 heterocycles. The van der Waals surface area contributed by atoms with Gasteiger partial charge in [0.05, 0.1) is 17.4 Å². The summed E-state index contributed by atoms with van der Waals surface area (Å²) in [5, 5.41) is 12.2. The number of hydrogen-bond acceptors (Lipinski definition) is 3. The van der Waals surface area contributed by atoms with Gasteiger partial charge in [0.1, 0.15) is 0 Å². The van der Waals surface area contributed by atoms with E-state index < -0.39 is 0 Å². The Balaban J connectivity index is 1.95. The molecule has 3 rings (SSSR count). The van der Waals surface area contributed by atoms with Crippen LogP contribution in [0.4, 0.5) is 0 Å². The summed E-state index contributed by atoms with van der Waals surface area (Å²) < 4.78 is 0. The van der Waals surface area contributed by atoms with E-state index in [9.17, 15) is 0 Å². The summed E-state index contributed by atoms with van der Waals surface area (Å²) in [4.78, 5) is 4.49. The predicted molar refractivity (Wildman–Crippen MR) is 133 cm³/mol. The van der Waals surface area contributed by atoms with E-state index >= 15 is 0 Å². The minimum absolute atomic E-state index is 0.148. The molecule has 0 aliphatic heterocycles. The average molecular weight is 414 g/mol. The summed E-state index contributed by atoms with van der Waals surface area (Å²) in [5.74, 6) is 0.539. The summed E-state index contributed by atoms with van der Waals surface area (Å²) in [5.41, 5.74) is 8.75. The zero-order valence-corrected chi connectivity index (χ0v) is 19.3. The van der Waals surface area contributed by atoms with Crippen molar-refractivity contribution in [2.45, 2.75) is 59.4 Å². The fourth-order valence-electron chi connectivity index (χ4n) is 4.28. The van der Waals surface area contributed by atoms with Crippen LogP contribution in [0.2, 0.25) is 0 Å². The van der Waals surface area contributed by atoms with Crippen molar-refractivity contribution in [3.8, 4) is 0 Å². The van der Waals surface area contributed by atoms with Gasteiger partial charge in [-0.25, -0.2) is 0 Å². The maximum atomic E-state index is 8.59. The molecule has 31 heavy (non-hydrogen) atoms. The zero-order valence-electron chi connectivity index (χ0n) is 19.3. The largest absolute Gasteiger partial charge is 0.383 e. The standard InChI is InChI=1S/C28H35N3/c1-6-22-13-12-21(17-30-22)28(16-19(3)4)31-18-26-23(7-2)25(14-15-27(26)29)24-11-9-8-10-20(24)5/h6,10-15,17-19,28-29,31H,1,7-9,16H2,2-5H3/b26-18-,29-27?. The first kappa shape index (κ1) is 22.7. The van der Waals surface area contributed by atoms with E-state index in [2.05, 4.69) is 75.1 Å². The topological polar surface area (TPSA) is 48.8 Å². The van der Waals surface area contributed by atoms with Crippen molar-refractivity contribution in [2.75, 3.05) is 0 Å². The van der Waals surface area contributed by atoms with E-state index in [1.165, 1.54) is 22.3 Å². The molecular weight excluding hydrogens is 378 g/mol. The SMILES string of the molecule is C=Cc1ccc(C(CC(C)C)N/C=C2\C(=N)C=CC(C3=CCCC=C3C)=C2CC)cn1. The Morgan fingerprint density at radius 2 is 1.97 bits per heavy atom. The van der Waals surface area contributed by atoms with Gasteiger partial charge < -0.3 is 10.7 Å². The predicted octanol–water partition coefficient (Wildman–Crippen LogP) is 7.25. The molecule has 0 aromatic carbocycles. The van der Waals surface area contributed by atoms with Gasteiger partial charge in [-0.05, 0) is 84.6 Å². The fourth-order valence-corrected chi connectivity index (χ4v) is 4.28. The first-order valence-electron chi connectivity index (χ1n) is 11.4. The first-order valence-corrected chi connectivity index (χ1v) is 11.4. The van der Waals surface area contributed by atoms with Crippen LogP contribution in [-0.4, -0.2) is 10.7 Å². The second-order valence-electron chi connectivity index (χ2n) is 8.70. The quantitative estimate of drug-likeness (QED) is 0.471. The van der Waals surface area contributed by atoms with Crippen LogP contribution in [-0.2, 0) is 0 Å². The molecule has 2 aliphatic rings. The van der Waals surface area contributed by atoms with Crippen LogP contribution in [0.15, 0.2) is 83.3 Å². The third-order valence-corrected chi connectivity index (χ3v) is 5.95. The molecule has 0 bridgehead atoms. The Hall–Kier alpha value is -2.94. The van der Waals surface area contributed by atoms with Crippen molar-refractivity contribution in [3.63, 3.8) is 0 Å². The molecule has 1 aromatic heterocycles. The van der Waals surface area contributed by atoms with Gasteiger partial charge in [0, 0.05) is 18.0 Å². The number of nitrogens with zero attached hydrogens (tertiary/aromatic N) is 1. The summed E-state index contributed by atoms with van der Waals surface area (Å²) in [6, 6.07) is 4.28. The van der Waals surface area contributed by atoms with E-state index in [1.807, 2.05) is 18.3 Å². The summed E-state index contributed by atoms with van der Waals surface area (Å²) in [7, 11) is 0. The van der Waals surface area contributed by atoms with Crippen molar-refractivity contribution >= 4 is 11.8 Å². The van der Waals surface area contributed by atoms with Crippen molar-refractivity contribution in [1.82, 2.24) is 10.3 Å². The van der Waals surface area contributed by atoms with Crippen LogP contribution in [0.3, 0.4) is 0 Å². The van der Waals surface area contributed by atoms with Crippen molar-refractivity contribution < 1.29 is 0 Å². The summed E-state index contributed by atoms with van der Waals surface area (Å²) in [6.07, 6.45) is 18.6. The second kappa shape index (κ2) is 10.4. The zero-order chi connectivity index (χ0) is 22.4. The molecule has 1 aromatic rings. The maximum Gasteiger partial charge on any atom is 0.0629 e. The highest BCUT2D eigenvalue weighted by atomic mass is 14.9. The molecule has 1 unspecified atom stereocenters. The van der Waals surface area contributed by atoms with Gasteiger partial charge in [0.15, 0.2) is 0 Å². The Labute approximate surface area is 187 Å². The molecule has 0 saturated heterocycles. The van der Waals surface area contributed by atoms with Gasteiger partial charge in [0.2, 0.25) is 0 Å². The molecule has 0 radical (unpaired) electrons. The van der Waals surface area contributed by atoms with E-state index in [0.717, 1.165) is 42.5 Å². The van der Waals surface area contributed by atoms with Crippen LogP contribution in [0.25, 0.3) is 6.08 Å². The Morgan fingerprint density at radius 3 is 2.58 bits per heavy atom. The van der Waals surface area contributed by atoms with E-state index in [1.54, 1.807) is 6.08 Å². The number of hydrogen-bond donors (Lipinski definition) is 2. The van der Waals surface area contributed by atoms with Gasteiger partial charge in [-0.2, -0.15) is 0 Å². The van der Waals surface area contributed by atoms with Crippen molar-refractivity contribution in [1.29, 1.82) is 5.41 Å². The number of allylic oxidation sites excluding steroid dienone is 9. The lowest BCUT2D eigenvalue weighted by Gasteiger charge is -2.25. The normalized spacial score (nSPS) is 18.9. The molecule has 2 aliphatic carbocycles. The highest BCUT2D eigenvalue weighted by Gasteiger charge is 2.21. The molecule has 1 atom stereocenters. The van der Waals surface area contributed by atoms with Crippen molar-refractivity contribution in [2.24, 2.45) is 5.92 Å². The minimum Gasteiger partial charge on any atom is -0.383 e. The lowest BCUT2D eigenvalue weighted by Crippen LogP contribution is -2.21. The number of nitrogens with one attached hydrogen (secondary N) is 2. The molecular formula is C28H35N3. The number of aromatic nitrogens is 1. The summed E-state index contributed by atoms with van der Waals surface area (Å²) in [6.45, 7) is 12.6. The second-order valence-corrected chi connectivity index (χ2v) is 8.70. The lowest BCUT2D eigenvalue weighted by atomic mass is 9.82. The highest BCUT2D eigenvalue weighted by Crippen LogP contribution is 2.35. The first-order chi connectivity index (χ1) is 14.9. The number of pyridine rings is 1. The van der Waals surface area contributed by atoms with Gasteiger partial charge in [-0.15, -0.1) is 0 Å². The van der Waals surface area contributed by atoms with E-state index in [0.29, 0.717) is 11.6 Å². The molecule has 0 spiro atoms. The molecule has 0 fully saturated rings. The fraction of sp³-hybridized carbons (Fsp3) is 0.357. The third-order valence-electron chi connectivity index (χ3n) is 5.95. The Morgan fingerprint density at radius 1 is 1.19 bits per heavy atom. The molecule has 0 amide bonds. The van der Waals surface area contributed by atoms with Gasteiger partial charge >= 0.3 is 0 Å². The maximum absolute atomic E-state index is 8.59. The smallest absolute Gasteiger partial charge is 0.0629 e. The van der Waals surface area contributed by atoms with E-state index in [4.69, 9.17) is 5.41 Å². The van der Waals surface area contributed by atoms with Crippen LogP contribution in [0.5, 0.6) is 0 Å². The molecule has 3 nitrogen and oxygen atoms in total. The molecule has 3 heteroatoms. The Bertz CT molecular complexity index is 982. The molecule has 2 N–H and O–H groups in total. The van der Waals surface area contributed by atoms with Gasteiger partial charge in [-0.3, -0.25) is 4.98 Å². The van der Waals surface area contributed by atoms with Crippen molar-refractivity contribution in [3.05, 3.63) is 94.5 Å².